The highest BCUT2D eigenvalue weighted by Gasteiger charge is 2.44. The van der Waals surface area contributed by atoms with Crippen LogP contribution >= 0.6 is 0 Å². The summed E-state index contributed by atoms with van der Waals surface area (Å²) in [7, 11) is 0. The molecule has 3 aromatic rings. The van der Waals surface area contributed by atoms with Crippen LogP contribution in [0.4, 0.5) is 36.8 Å². The normalized spacial score (nSPS) is 17.1. The lowest BCUT2D eigenvalue weighted by molar-refractivity contribution is -0.156. The third kappa shape index (κ3) is 6.84. The molecule has 1 aliphatic heterocycles. The van der Waals surface area contributed by atoms with Crippen LogP contribution < -0.4 is 5.32 Å². The molecular formula is C23H24F6N6O4. The summed E-state index contributed by atoms with van der Waals surface area (Å²) in [6.45, 7) is 4.58. The number of aromatic nitrogens is 5. The average molecular weight is 562 g/mol. The van der Waals surface area contributed by atoms with Crippen LogP contribution in [-0.2, 0) is 17.3 Å². The first-order chi connectivity index (χ1) is 18.1. The molecule has 1 unspecified atom stereocenters. The van der Waals surface area contributed by atoms with Gasteiger partial charge in [0.25, 0.3) is 11.8 Å². The van der Waals surface area contributed by atoms with Gasteiger partial charge in [-0.15, -0.1) is 20.4 Å². The number of alkyl halides is 6. The Morgan fingerprint density at radius 2 is 1.59 bits per heavy atom. The first kappa shape index (κ1) is 28.3. The Morgan fingerprint density at radius 3 is 2.26 bits per heavy atom. The predicted octanol–water partition coefficient (Wildman–Crippen LogP) is 6.70. The second-order valence-corrected chi connectivity index (χ2v) is 9.90. The fourth-order valence-electron chi connectivity index (χ4n) is 3.89. The van der Waals surface area contributed by atoms with E-state index in [-0.39, 0.29) is 25.2 Å². The molecule has 0 aromatic carbocycles. The fourth-order valence-corrected chi connectivity index (χ4v) is 3.89. The van der Waals surface area contributed by atoms with Gasteiger partial charge in [0.2, 0.25) is 11.8 Å². The maximum absolute atomic E-state index is 14.1. The lowest BCUT2D eigenvalue weighted by atomic mass is 9.99. The largest absolute Gasteiger partial charge is 0.444 e. The van der Waals surface area contributed by atoms with Crippen molar-refractivity contribution in [2.45, 2.75) is 83.2 Å². The lowest BCUT2D eigenvalue weighted by Gasteiger charge is -2.21. The number of halogens is 6. The molecule has 0 saturated carbocycles. The molecule has 3 aromatic heterocycles. The Kier molecular flexibility index (Phi) is 7.58. The van der Waals surface area contributed by atoms with Gasteiger partial charge in [-0.05, 0) is 39.7 Å². The molecule has 1 atom stereocenters. The van der Waals surface area contributed by atoms with Crippen LogP contribution in [0.1, 0.15) is 76.1 Å². The highest BCUT2D eigenvalue weighted by Crippen LogP contribution is 2.42. The molecule has 0 spiro atoms. The van der Waals surface area contributed by atoms with Crippen LogP contribution in [0, 0.1) is 0 Å². The minimum absolute atomic E-state index is 0.0396. The zero-order valence-electron chi connectivity index (χ0n) is 21.0. The number of nitrogens with one attached hydrogen (secondary N) is 1. The standard InChI is InChI=1S/C23H24F6N6O4/c1-21(2,3)39-20(36)30-13-10-12(23(27,28)29)15-18-34-32-14(37-18)9-7-5-4-6-8-11(22(24,25)26)17-33-35-19(38-17)16(13)31-15/h10-11H,4-9H2,1-3H3,(H,30,36). The molecule has 4 heterocycles. The van der Waals surface area contributed by atoms with E-state index >= 15 is 0 Å². The number of hydrogen-bond donors (Lipinski definition) is 1. The van der Waals surface area contributed by atoms with Crippen LogP contribution in [-0.4, -0.2) is 43.2 Å². The Labute approximate surface area is 217 Å². The van der Waals surface area contributed by atoms with Crippen molar-refractivity contribution in [3.63, 3.8) is 0 Å². The van der Waals surface area contributed by atoms with E-state index in [0.717, 1.165) is 0 Å². The molecule has 1 N–H and O–H groups in total. The Bertz CT molecular complexity index is 1330. The quantitative estimate of drug-likeness (QED) is 0.322. The van der Waals surface area contributed by atoms with Crippen molar-refractivity contribution >= 4 is 11.8 Å². The van der Waals surface area contributed by atoms with Crippen molar-refractivity contribution < 1.29 is 44.7 Å². The number of ether oxygens (including phenoxy) is 1. The molecule has 212 valence electrons. The first-order valence-corrected chi connectivity index (χ1v) is 12.0. The smallest absolute Gasteiger partial charge is 0.418 e. The predicted molar refractivity (Wildman–Crippen MR) is 121 cm³/mol. The number of anilines is 1. The third-order valence-corrected chi connectivity index (χ3v) is 5.60. The van der Waals surface area contributed by atoms with Crippen LogP contribution in [0.5, 0.6) is 0 Å². The minimum atomic E-state index is -5.01. The van der Waals surface area contributed by atoms with Crippen LogP contribution in [0.15, 0.2) is 14.9 Å². The molecule has 4 rings (SSSR count). The van der Waals surface area contributed by atoms with Crippen molar-refractivity contribution in [3.8, 4) is 23.2 Å². The molecule has 0 saturated heterocycles. The van der Waals surface area contributed by atoms with Crippen molar-refractivity contribution in [3.05, 3.63) is 23.4 Å². The Balaban J connectivity index is 1.91. The average Bonchev–Trinajstić information content (AvgIpc) is 3.45. The monoisotopic (exact) mass is 562 g/mol. The van der Waals surface area contributed by atoms with Gasteiger partial charge >= 0.3 is 18.4 Å². The number of rotatable bonds is 1. The SMILES string of the molecule is CC(C)(C)OC(=O)Nc1cc(C(F)(F)F)c2nc1-c1nnc(o1)C(C(F)(F)F)CCCCCCc1nnc-2o1. The van der Waals surface area contributed by atoms with E-state index in [4.69, 9.17) is 13.6 Å². The summed E-state index contributed by atoms with van der Waals surface area (Å²) in [6, 6.07) is 0.514. The highest BCUT2D eigenvalue weighted by molar-refractivity contribution is 5.90. The van der Waals surface area contributed by atoms with Crippen molar-refractivity contribution in [1.82, 2.24) is 25.4 Å². The zero-order valence-corrected chi connectivity index (χ0v) is 21.0. The molecule has 0 fully saturated rings. The van der Waals surface area contributed by atoms with Gasteiger partial charge in [0.05, 0.1) is 11.3 Å². The molecule has 6 bridgehead atoms. The van der Waals surface area contributed by atoms with Gasteiger partial charge in [-0.1, -0.05) is 19.3 Å². The van der Waals surface area contributed by atoms with Crippen LogP contribution in [0.25, 0.3) is 23.2 Å². The van der Waals surface area contributed by atoms with Crippen molar-refractivity contribution in [2.75, 3.05) is 5.32 Å². The number of carbonyl (C=O) groups is 1. The molecule has 1 aliphatic rings. The number of pyridine rings is 1. The number of carbonyl (C=O) groups excluding carboxylic acids is 1. The summed E-state index contributed by atoms with van der Waals surface area (Å²) in [5, 5.41) is 16.7. The van der Waals surface area contributed by atoms with E-state index in [1.54, 1.807) is 0 Å². The topological polar surface area (TPSA) is 129 Å². The van der Waals surface area contributed by atoms with Crippen LogP contribution in [0.3, 0.4) is 0 Å². The molecule has 16 heteroatoms. The van der Waals surface area contributed by atoms with E-state index in [9.17, 15) is 31.1 Å². The maximum atomic E-state index is 14.1. The summed E-state index contributed by atoms with van der Waals surface area (Å²) in [5.74, 6) is -4.08. The molecule has 10 nitrogen and oxygen atoms in total. The zero-order chi connectivity index (χ0) is 28.6. The highest BCUT2D eigenvalue weighted by atomic mass is 19.4. The van der Waals surface area contributed by atoms with Gasteiger partial charge < -0.3 is 13.6 Å². The van der Waals surface area contributed by atoms with E-state index < -0.39 is 70.3 Å². The first-order valence-electron chi connectivity index (χ1n) is 12.0. The molecule has 0 aliphatic carbocycles. The van der Waals surface area contributed by atoms with Crippen molar-refractivity contribution in [2.24, 2.45) is 0 Å². The van der Waals surface area contributed by atoms with Gasteiger partial charge in [0.15, 0.2) is 5.69 Å². The van der Waals surface area contributed by atoms with Gasteiger partial charge in [-0.2, -0.15) is 26.3 Å². The fraction of sp³-hybridized carbons (Fsp3) is 0.565. The Morgan fingerprint density at radius 1 is 0.923 bits per heavy atom. The number of amides is 1. The third-order valence-electron chi connectivity index (χ3n) is 5.60. The van der Waals surface area contributed by atoms with Crippen LogP contribution in [0.2, 0.25) is 0 Å². The van der Waals surface area contributed by atoms with E-state index in [2.05, 4.69) is 30.7 Å². The Hall–Kier alpha value is -3.72. The molecule has 39 heavy (non-hydrogen) atoms. The number of fused-ring (bicyclic) bond motifs is 8. The van der Waals surface area contributed by atoms with E-state index in [1.807, 2.05) is 0 Å². The summed E-state index contributed by atoms with van der Waals surface area (Å²) >= 11 is 0. The summed E-state index contributed by atoms with van der Waals surface area (Å²) in [6.07, 6.45) is -9.38. The van der Waals surface area contributed by atoms with Gasteiger partial charge in [0, 0.05) is 6.42 Å². The minimum Gasteiger partial charge on any atom is -0.444 e. The van der Waals surface area contributed by atoms with Gasteiger partial charge in [0.1, 0.15) is 17.2 Å². The van der Waals surface area contributed by atoms with Crippen molar-refractivity contribution in [1.29, 1.82) is 0 Å². The van der Waals surface area contributed by atoms with Gasteiger partial charge in [-0.3, -0.25) is 5.32 Å². The number of nitrogens with zero attached hydrogens (tertiary/aromatic N) is 5. The lowest BCUT2D eigenvalue weighted by Crippen LogP contribution is -2.27. The molecular weight excluding hydrogens is 538 g/mol. The number of aryl methyl sites for hydroxylation is 1. The summed E-state index contributed by atoms with van der Waals surface area (Å²) in [5.41, 5.74) is -4.35. The molecule has 0 radical (unpaired) electrons. The second kappa shape index (κ2) is 10.4. The summed E-state index contributed by atoms with van der Waals surface area (Å²) in [4.78, 5) is 16.4. The molecule has 1 amide bonds. The summed E-state index contributed by atoms with van der Waals surface area (Å²) < 4.78 is 99.7. The number of hydrogen-bond acceptors (Lipinski definition) is 9. The van der Waals surface area contributed by atoms with E-state index in [0.29, 0.717) is 25.3 Å². The van der Waals surface area contributed by atoms with E-state index in [1.165, 1.54) is 20.8 Å². The second-order valence-electron chi connectivity index (χ2n) is 9.90. The van der Waals surface area contributed by atoms with Gasteiger partial charge in [-0.25, -0.2) is 9.78 Å². The maximum Gasteiger partial charge on any atom is 0.418 e.